The second kappa shape index (κ2) is 9.63. The molecule has 180 valence electrons. The Balaban J connectivity index is 2.33. The molecule has 0 spiro atoms. The van der Waals surface area contributed by atoms with Gasteiger partial charge in [0.2, 0.25) is 0 Å². The highest BCUT2D eigenvalue weighted by Gasteiger charge is 2.47. The number of carbonyl (C=O) groups is 1. The number of halogens is 3. The molecular weight excluding hydrogens is 435 g/mol. The van der Waals surface area contributed by atoms with Crippen LogP contribution in [0.4, 0.5) is 13.2 Å². The zero-order valence-electron chi connectivity index (χ0n) is 19.3. The van der Waals surface area contributed by atoms with Crippen LogP contribution in [0.2, 0.25) is 0 Å². The van der Waals surface area contributed by atoms with Gasteiger partial charge in [-0.3, -0.25) is 4.90 Å². The Morgan fingerprint density at radius 1 is 1.03 bits per heavy atom. The van der Waals surface area contributed by atoms with Gasteiger partial charge in [-0.25, -0.2) is 0 Å². The van der Waals surface area contributed by atoms with Gasteiger partial charge in [-0.05, 0) is 36.0 Å². The summed E-state index contributed by atoms with van der Waals surface area (Å²) in [7, 11) is 2.90. The van der Waals surface area contributed by atoms with Crippen molar-refractivity contribution in [2.24, 2.45) is 11.8 Å². The number of benzene rings is 2. The van der Waals surface area contributed by atoms with E-state index in [-0.39, 0.29) is 12.2 Å². The molecule has 5 nitrogen and oxygen atoms in total. The SMILES string of the molecule is COc1cc(O)c(C(CC=O)(c2ccc(C(F)(F)F)cc2)N2CC(C)CC(C)C2)c(OC)c1. The molecule has 2 aromatic rings. The third-order valence-electron chi connectivity index (χ3n) is 6.40. The van der Waals surface area contributed by atoms with Gasteiger partial charge in [0.05, 0.1) is 30.9 Å². The minimum Gasteiger partial charge on any atom is -0.507 e. The lowest BCUT2D eigenvalue weighted by atomic mass is 9.75. The smallest absolute Gasteiger partial charge is 0.416 e. The number of hydrogen-bond acceptors (Lipinski definition) is 5. The Hall–Kier alpha value is -2.74. The van der Waals surface area contributed by atoms with Crippen LogP contribution in [0.25, 0.3) is 0 Å². The van der Waals surface area contributed by atoms with Crippen LogP contribution in [0.5, 0.6) is 17.2 Å². The van der Waals surface area contributed by atoms with Crippen LogP contribution in [0, 0.1) is 11.8 Å². The first-order valence-electron chi connectivity index (χ1n) is 10.9. The van der Waals surface area contributed by atoms with E-state index >= 15 is 0 Å². The molecule has 0 bridgehead atoms. The summed E-state index contributed by atoms with van der Waals surface area (Å²) in [4.78, 5) is 14.2. The first-order valence-corrected chi connectivity index (χ1v) is 10.9. The molecule has 1 heterocycles. The Morgan fingerprint density at radius 2 is 1.61 bits per heavy atom. The van der Waals surface area contributed by atoms with Gasteiger partial charge >= 0.3 is 6.18 Å². The molecule has 1 saturated heterocycles. The minimum atomic E-state index is -4.49. The maximum absolute atomic E-state index is 13.3. The first-order chi connectivity index (χ1) is 15.6. The van der Waals surface area contributed by atoms with Crippen LogP contribution in [0.15, 0.2) is 36.4 Å². The van der Waals surface area contributed by atoms with Gasteiger partial charge in [0.15, 0.2) is 0 Å². The third-order valence-corrected chi connectivity index (χ3v) is 6.40. The van der Waals surface area contributed by atoms with Crippen LogP contribution in [0.3, 0.4) is 0 Å². The van der Waals surface area contributed by atoms with Gasteiger partial charge in [-0.15, -0.1) is 0 Å². The summed E-state index contributed by atoms with van der Waals surface area (Å²) in [5, 5.41) is 11.1. The number of aromatic hydroxyl groups is 1. The van der Waals surface area contributed by atoms with Crippen LogP contribution in [0.1, 0.15) is 43.4 Å². The molecule has 1 N–H and O–H groups in total. The summed E-state index contributed by atoms with van der Waals surface area (Å²) < 4.78 is 50.7. The third kappa shape index (κ3) is 4.81. The number of carbonyl (C=O) groups excluding carboxylic acids is 1. The molecule has 0 radical (unpaired) electrons. The first kappa shape index (κ1) is 24.9. The maximum atomic E-state index is 13.3. The number of phenolic OH excluding ortho intramolecular Hbond substituents is 1. The van der Waals surface area contributed by atoms with Gasteiger partial charge in [0.1, 0.15) is 23.5 Å². The topological polar surface area (TPSA) is 59.0 Å². The van der Waals surface area contributed by atoms with Crippen molar-refractivity contribution in [3.05, 3.63) is 53.1 Å². The Kier molecular flexibility index (Phi) is 7.26. The highest BCUT2D eigenvalue weighted by atomic mass is 19.4. The number of nitrogens with zero attached hydrogens (tertiary/aromatic N) is 1. The van der Waals surface area contributed by atoms with Crippen LogP contribution < -0.4 is 9.47 Å². The number of phenols is 1. The average Bonchev–Trinajstić information content (AvgIpc) is 2.76. The zero-order valence-corrected chi connectivity index (χ0v) is 19.3. The van der Waals surface area contributed by atoms with E-state index < -0.39 is 17.3 Å². The molecule has 0 amide bonds. The van der Waals surface area contributed by atoms with E-state index in [1.165, 1.54) is 32.4 Å². The van der Waals surface area contributed by atoms with Gasteiger partial charge in [-0.2, -0.15) is 13.2 Å². The van der Waals surface area contributed by atoms with Crippen molar-refractivity contribution < 1.29 is 32.5 Å². The summed E-state index contributed by atoms with van der Waals surface area (Å²) in [5.74, 6) is 1.08. The fourth-order valence-electron chi connectivity index (χ4n) is 5.13. The molecule has 0 aliphatic carbocycles. The highest BCUT2D eigenvalue weighted by molar-refractivity contribution is 5.63. The predicted molar refractivity (Wildman–Crippen MR) is 119 cm³/mol. The lowest BCUT2D eigenvalue weighted by Gasteiger charge is -2.49. The quantitative estimate of drug-likeness (QED) is 0.567. The average molecular weight is 466 g/mol. The fourth-order valence-corrected chi connectivity index (χ4v) is 5.13. The summed E-state index contributed by atoms with van der Waals surface area (Å²) in [6.07, 6.45) is -2.83. The van der Waals surface area contributed by atoms with Crippen molar-refractivity contribution in [2.75, 3.05) is 27.3 Å². The maximum Gasteiger partial charge on any atom is 0.416 e. The van der Waals surface area contributed by atoms with E-state index in [2.05, 4.69) is 18.7 Å². The Labute approximate surface area is 192 Å². The molecule has 8 heteroatoms. The van der Waals surface area contributed by atoms with Crippen molar-refractivity contribution in [1.82, 2.24) is 4.90 Å². The van der Waals surface area contributed by atoms with Gasteiger partial charge in [-0.1, -0.05) is 26.0 Å². The van der Waals surface area contributed by atoms with Gasteiger partial charge < -0.3 is 19.4 Å². The lowest BCUT2D eigenvalue weighted by molar-refractivity contribution is -0.137. The monoisotopic (exact) mass is 465 g/mol. The van der Waals surface area contributed by atoms with E-state index in [1.807, 2.05) is 0 Å². The fraction of sp³-hybridized carbons (Fsp3) is 0.480. The number of piperidine rings is 1. The highest BCUT2D eigenvalue weighted by Crippen LogP contribution is 2.50. The number of methoxy groups -OCH3 is 2. The largest absolute Gasteiger partial charge is 0.507 e. The molecule has 0 aromatic heterocycles. The van der Waals surface area contributed by atoms with E-state index in [0.717, 1.165) is 24.8 Å². The summed E-state index contributed by atoms with van der Waals surface area (Å²) >= 11 is 0. The van der Waals surface area contributed by atoms with E-state index in [0.29, 0.717) is 47.6 Å². The van der Waals surface area contributed by atoms with E-state index in [4.69, 9.17) is 9.47 Å². The zero-order chi connectivity index (χ0) is 24.4. The summed E-state index contributed by atoms with van der Waals surface area (Å²) in [6.45, 7) is 5.42. The van der Waals surface area contributed by atoms with Gasteiger partial charge in [0, 0.05) is 31.6 Å². The van der Waals surface area contributed by atoms with Crippen molar-refractivity contribution >= 4 is 6.29 Å². The molecule has 1 aliphatic heterocycles. The molecule has 2 aromatic carbocycles. The van der Waals surface area contributed by atoms with Crippen LogP contribution >= 0.6 is 0 Å². The number of ether oxygens (including phenoxy) is 2. The Morgan fingerprint density at radius 3 is 2.09 bits per heavy atom. The summed E-state index contributed by atoms with van der Waals surface area (Å²) in [5.41, 5.74) is -1.20. The molecule has 0 saturated carbocycles. The second-order valence-corrected chi connectivity index (χ2v) is 8.88. The normalized spacial score (nSPS) is 21.3. The van der Waals surface area contributed by atoms with E-state index in [9.17, 15) is 23.1 Å². The molecule has 33 heavy (non-hydrogen) atoms. The lowest BCUT2D eigenvalue weighted by Crippen LogP contribution is -2.53. The van der Waals surface area contributed by atoms with Crippen molar-refractivity contribution in [2.45, 2.75) is 38.4 Å². The second-order valence-electron chi connectivity index (χ2n) is 8.88. The Bertz CT molecular complexity index is 967. The van der Waals surface area contributed by atoms with Crippen molar-refractivity contribution in [3.8, 4) is 17.2 Å². The molecule has 1 aliphatic rings. The van der Waals surface area contributed by atoms with Crippen molar-refractivity contribution in [1.29, 1.82) is 0 Å². The standard InChI is InChI=1S/C25H30F3NO4/c1-16-11-17(2)15-29(14-16)24(9-10-30,18-5-7-19(8-6-18)25(26,27)28)23-21(31)12-20(32-3)13-22(23)33-4/h5-8,10,12-13,16-17,31H,9,11,14-15H2,1-4H3. The number of hydrogen-bond donors (Lipinski definition) is 1. The summed E-state index contributed by atoms with van der Waals surface area (Å²) in [6, 6.07) is 7.84. The number of likely N-dealkylation sites (tertiary alicyclic amines) is 1. The molecule has 1 fully saturated rings. The number of alkyl halides is 3. The molecule has 3 rings (SSSR count). The molecular formula is C25H30F3NO4. The molecule has 3 unspecified atom stereocenters. The van der Waals surface area contributed by atoms with Gasteiger partial charge in [0.25, 0.3) is 0 Å². The minimum absolute atomic E-state index is 0.0753. The van der Waals surface area contributed by atoms with Crippen LogP contribution in [-0.2, 0) is 16.5 Å². The van der Waals surface area contributed by atoms with Crippen LogP contribution in [-0.4, -0.2) is 43.6 Å². The number of aldehydes is 1. The number of rotatable bonds is 7. The van der Waals surface area contributed by atoms with E-state index in [1.54, 1.807) is 6.07 Å². The molecule has 3 atom stereocenters. The predicted octanol–water partition coefficient (Wildman–Crippen LogP) is 5.24. The van der Waals surface area contributed by atoms with Crippen molar-refractivity contribution in [3.63, 3.8) is 0 Å².